The highest BCUT2D eigenvalue weighted by Gasteiger charge is 2.21. The molecular formula is C20H20FNO4. The lowest BCUT2D eigenvalue weighted by Gasteiger charge is -2.17. The van der Waals surface area contributed by atoms with Gasteiger partial charge in [-0.25, -0.2) is 9.18 Å². The highest BCUT2D eigenvalue weighted by molar-refractivity contribution is 6.00. The van der Waals surface area contributed by atoms with E-state index in [2.05, 4.69) is 5.32 Å². The molecule has 1 amide bonds. The number of hydrogen-bond donors (Lipinski definition) is 2. The molecule has 0 saturated heterocycles. The zero-order valence-electron chi connectivity index (χ0n) is 14.6. The summed E-state index contributed by atoms with van der Waals surface area (Å²) in [6.45, 7) is 1.27. The van der Waals surface area contributed by atoms with Crippen LogP contribution in [-0.2, 0) is 16.0 Å². The summed E-state index contributed by atoms with van der Waals surface area (Å²) >= 11 is 0. The van der Waals surface area contributed by atoms with Crippen molar-refractivity contribution in [3.63, 3.8) is 0 Å². The minimum absolute atomic E-state index is 0.0204. The summed E-state index contributed by atoms with van der Waals surface area (Å²) in [5.74, 6) is -2.39. The molecule has 5 nitrogen and oxygen atoms in total. The van der Waals surface area contributed by atoms with Gasteiger partial charge < -0.3 is 15.2 Å². The van der Waals surface area contributed by atoms with Gasteiger partial charge >= 0.3 is 5.97 Å². The third-order valence-corrected chi connectivity index (χ3v) is 3.81. The Labute approximate surface area is 151 Å². The Morgan fingerprint density at radius 2 is 1.81 bits per heavy atom. The van der Waals surface area contributed by atoms with Crippen LogP contribution in [0.15, 0.2) is 54.1 Å². The van der Waals surface area contributed by atoms with E-state index in [1.165, 1.54) is 32.2 Å². The van der Waals surface area contributed by atoms with Crippen molar-refractivity contribution in [2.75, 3.05) is 7.11 Å². The molecule has 6 heteroatoms. The van der Waals surface area contributed by atoms with E-state index in [0.29, 0.717) is 6.42 Å². The van der Waals surface area contributed by atoms with E-state index in [0.717, 1.165) is 5.56 Å². The summed E-state index contributed by atoms with van der Waals surface area (Å²) in [6.07, 6.45) is 0.623. The Balaban J connectivity index is 2.53. The maximum atomic E-state index is 14.1. The standard InChI is InChI=1S/C20H20FNO4/c1-13(23)22-18(15-9-6-10-17(21)19(15)26-2)16(20(24)25)12-11-14-7-4-3-5-8-14/h3-10H,11-12H2,1-2H3,(H,22,23)(H,24,25). The fraction of sp³-hybridized carbons (Fsp3) is 0.200. The van der Waals surface area contributed by atoms with Gasteiger partial charge in [-0.2, -0.15) is 0 Å². The van der Waals surface area contributed by atoms with Crippen LogP contribution in [0.2, 0.25) is 0 Å². The first-order valence-electron chi connectivity index (χ1n) is 8.05. The monoisotopic (exact) mass is 357 g/mol. The van der Waals surface area contributed by atoms with E-state index in [1.54, 1.807) is 0 Å². The quantitative estimate of drug-likeness (QED) is 0.745. The van der Waals surface area contributed by atoms with Crippen molar-refractivity contribution in [3.05, 3.63) is 71.0 Å². The number of carbonyl (C=O) groups is 2. The van der Waals surface area contributed by atoms with E-state index in [9.17, 15) is 19.1 Å². The van der Waals surface area contributed by atoms with Crippen LogP contribution in [0.25, 0.3) is 5.70 Å². The number of halogens is 1. The van der Waals surface area contributed by atoms with Crippen LogP contribution in [0.4, 0.5) is 4.39 Å². The molecule has 2 rings (SSSR count). The average molecular weight is 357 g/mol. The number of carboxylic acid groups (broad SMARTS) is 1. The fourth-order valence-electron chi connectivity index (χ4n) is 2.65. The largest absolute Gasteiger partial charge is 0.493 e. The van der Waals surface area contributed by atoms with Gasteiger partial charge in [-0.3, -0.25) is 4.79 Å². The third kappa shape index (κ3) is 4.69. The lowest BCUT2D eigenvalue weighted by Crippen LogP contribution is -2.23. The number of carbonyl (C=O) groups excluding carboxylic acids is 1. The molecule has 0 bridgehead atoms. The van der Waals surface area contributed by atoms with Gasteiger partial charge in [-0.1, -0.05) is 36.4 Å². The van der Waals surface area contributed by atoms with E-state index in [4.69, 9.17) is 4.74 Å². The van der Waals surface area contributed by atoms with Gasteiger partial charge in [0.1, 0.15) is 0 Å². The summed E-state index contributed by atoms with van der Waals surface area (Å²) in [5, 5.41) is 12.2. The van der Waals surface area contributed by atoms with Crippen LogP contribution in [0.3, 0.4) is 0 Å². The number of nitrogens with one attached hydrogen (secondary N) is 1. The minimum Gasteiger partial charge on any atom is -0.493 e. The predicted molar refractivity (Wildman–Crippen MR) is 96.1 cm³/mol. The lowest BCUT2D eigenvalue weighted by atomic mass is 9.98. The van der Waals surface area contributed by atoms with Gasteiger partial charge in [0, 0.05) is 12.5 Å². The molecule has 0 saturated carbocycles. The molecule has 0 spiro atoms. The number of aliphatic carboxylic acids is 1. The molecular weight excluding hydrogens is 337 g/mol. The fourth-order valence-corrected chi connectivity index (χ4v) is 2.65. The molecule has 2 aromatic carbocycles. The maximum Gasteiger partial charge on any atom is 0.333 e. The number of benzene rings is 2. The number of ether oxygens (including phenoxy) is 1. The van der Waals surface area contributed by atoms with Crippen molar-refractivity contribution >= 4 is 17.6 Å². The van der Waals surface area contributed by atoms with Crippen LogP contribution >= 0.6 is 0 Å². The molecule has 0 fully saturated rings. The second kappa shape index (κ2) is 8.80. The number of carboxylic acids is 1. The van der Waals surface area contributed by atoms with E-state index in [1.807, 2.05) is 30.3 Å². The highest BCUT2D eigenvalue weighted by atomic mass is 19.1. The zero-order valence-corrected chi connectivity index (χ0v) is 14.6. The first kappa shape index (κ1) is 19.2. The van der Waals surface area contributed by atoms with Gasteiger partial charge in [-0.15, -0.1) is 0 Å². The van der Waals surface area contributed by atoms with Gasteiger partial charge in [0.15, 0.2) is 11.6 Å². The van der Waals surface area contributed by atoms with Crippen LogP contribution < -0.4 is 10.1 Å². The summed E-state index contributed by atoms with van der Waals surface area (Å²) < 4.78 is 19.1. The average Bonchev–Trinajstić information content (AvgIpc) is 2.61. The molecule has 0 heterocycles. The van der Waals surface area contributed by atoms with Crippen molar-refractivity contribution in [2.45, 2.75) is 19.8 Å². The molecule has 0 aliphatic heterocycles. The van der Waals surface area contributed by atoms with Crippen LogP contribution in [0, 0.1) is 5.82 Å². The molecule has 0 aromatic heterocycles. The van der Waals surface area contributed by atoms with E-state index < -0.39 is 17.7 Å². The Kier molecular flexibility index (Phi) is 6.49. The smallest absolute Gasteiger partial charge is 0.333 e. The first-order valence-corrected chi connectivity index (χ1v) is 8.05. The Hall–Kier alpha value is -3.15. The number of rotatable bonds is 7. The molecule has 0 radical (unpaired) electrons. The minimum atomic E-state index is -1.18. The van der Waals surface area contributed by atoms with Crippen molar-refractivity contribution < 1.29 is 23.8 Å². The molecule has 2 N–H and O–H groups in total. The summed E-state index contributed by atoms with van der Waals surface area (Å²) in [7, 11) is 1.29. The molecule has 26 heavy (non-hydrogen) atoms. The number of amides is 1. The lowest BCUT2D eigenvalue weighted by molar-refractivity contribution is -0.132. The SMILES string of the molecule is COc1c(F)cccc1C(NC(C)=O)=C(CCc1ccccc1)C(=O)O. The highest BCUT2D eigenvalue weighted by Crippen LogP contribution is 2.30. The number of aryl methyl sites for hydroxylation is 1. The van der Waals surface area contributed by atoms with Gasteiger partial charge in [0.05, 0.1) is 18.4 Å². The molecule has 136 valence electrons. The van der Waals surface area contributed by atoms with Crippen LogP contribution in [0.5, 0.6) is 5.75 Å². The summed E-state index contributed by atoms with van der Waals surface area (Å²) in [4.78, 5) is 23.5. The Morgan fingerprint density at radius 1 is 1.12 bits per heavy atom. The second-order valence-electron chi connectivity index (χ2n) is 5.65. The van der Waals surface area contributed by atoms with Crippen LogP contribution in [-0.4, -0.2) is 24.1 Å². The molecule has 2 aromatic rings. The number of methoxy groups -OCH3 is 1. The predicted octanol–water partition coefficient (Wildman–Crippen LogP) is 3.40. The zero-order chi connectivity index (χ0) is 19.1. The van der Waals surface area contributed by atoms with E-state index >= 15 is 0 Å². The normalized spacial score (nSPS) is 11.5. The molecule has 0 unspecified atom stereocenters. The van der Waals surface area contributed by atoms with Crippen molar-refractivity contribution in [1.82, 2.24) is 5.32 Å². The molecule has 0 aliphatic carbocycles. The number of para-hydroxylation sites is 1. The molecule has 0 aliphatic rings. The van der Waals surface area contributed by atoms with Gasteiger partial charge in [0.2, 0.25) is 5.91 Å². The summed E-state index contributed by atoms with van der Waals surface area (Å²) in [6, 6.07) is 13.5. The third-order valence-electron chi connectivity index (χ3n) is 3.81. The maximum absolute atomic E-state index is 14.1. The van der Waals surface area contributed by atoms with Crippen molar-refractivity contribution in [3.8, 4) is 5.75 Å². The summed E-state index contributed by atoms with van der Waals surface area (Å²) in [5.41, 5.74) is 1.16. The van der Waals surface area contributed by atoms with Gasteiger partial charge in [0.25, 0.3) is 0 Å². The Morgan fingerprint density at radius 3 is 2.38 bits per heavy atom. The van der Waals surface area contributed by atoms with Crippen molar-refractivity contribution in [1.29, 1.82) is 0 Å². The molecule has 0 atom stereocenters. The van der Waals surface area contributed by atoms with Gasteiger partial charge in [-0.05, 0) is 30.5 Å². The van der Waals surface area contributed by atoms with Crippen LogP contribution in [0.1, 0.15) is 24.5 Å². The second-order valence-corrected chi connectivity index (χ2v) is 5.65. The Bertz CT molecular complexity index is 831. The number of hydrogen-bond acceptors (Lipinski definition) is 3. The van der Waals surface area contributed by atoms with E-state index in [-0.39, 0.29) is 29.0 Å². The topological polar surface area (TPSA) is 75.6 Å². The first-order chi connectivity index (χ1) is 12.4. The van der Waals surface area contributed by atoms with Crippen molar-refractivity contribution in [2.24, 2.45) is 0 Å².